The number of hydrogen-bond acceptors (Lipinski definition) is 4. The minimum atomic E-state index is -1.16. The van der Waals surface area contributed by atoms with Gasteiger partial charge in [0.15, 0.2) is 11.8 Å². The zero-order valence-corrected chi connectivity index (χ0v) is 14.4. The molecule has 0 saturated heterocycles. The van der Waals surface area contributed by atoms with Crippen LogP contribution in [0.4, 0.5) is 0 Å². The fourth-order valence-electron chi connectivity index (χ4n) is 2.03. The van der Waals surface area contributed by atoms with Gasteiger partial charge in [-0.2, -0.15) is 5.10 Å². The molecule has 0 radical (unpaired) electrons. The van der Waals surface area contributed by atoms with Crippen molar-refractivity contribution in [3.8, 4) is 5.69 Å². The second-order valence-corrected chi connectivity index (χ2v) is 5.79. The van der Waals surface area contributed by atoms with E-state index < -0.39 is 18.0 Å². The largest absolute Gasteiger partial charge is 0.479 e. The third-order valence-corrected chi connectivity index (χ3v) is 3.80. The number of benzene rings is 1. The summed E-state index contributed by atoms with van der Waals surface area (Å²) in [6.07, 6.45) is -1.12. The molecule has 0 fully saturated rings. The van der Waals surface area contributed by atoms with Crippen LogP contribution >= 0.6 is 23.2 Å². The molecule has 1 amide bonds. The topological polar surface area (TPSA) is 93.5 Å². The van der Waals surface area contributed by atoms with Gasteiger partial charge in [-0.1, -0.05) is 23.2 Å². The lowest BCUT2D eigenvalue weighted by Gasteiger charge is -2.10. The second kappa shape index (κ2) is 7.65. The van der Waals surface area contributed by atoms with Gasteiger partial charge in [0.1, 0.15) is 0 Å². The Kier molecular flexibility index (Phi) is 5.82. The van der Waals surface area contributed by atoms with Crippen LogP contribution in [0.25, 0.3) is 5.69 Å². The number of aromatic nitrogens is 2. The molecule has 1 unspecified atom stereocenters. The molecule has 0 aliphatic rings. The van der Waals surface area contributed by atoms with Gasteiger partial charge in [0, 0.05) is 17.8 Å². The van der Waals surface area contributed by atoms with Gasteiger partial charge in [-0.3, -0.25) is 4.79 Å². The van der Waals surface area contributed by atoms with Crippen LogP contribution in [0.1, 0.15) is 16.2 Å². The minimum Gasteiger partial charge on any atom is -0.479 e. The molecule has 0 aliphatic carbocycles. The fraction of sp³-hybridized carbons (Fsp3) is 0.267. The first-order chi connectivity index (χ1) is 11.3. The molecular weight excluding hydrogens is 357 g/mol. The number of aliphatic carboxylic acids is 1. The Labute approximate surface area is 148 Å². The maximum Gasteiger partial charge on any atom is 0.334 e. The predicted octanol–water partition coefficient (Wildman–Crippen LogP) is 2.32. The number of carbonyl (C=O) groups is 2. The van der Waals surface area contributed by atoms with E-state index in [4.69, 9.17) is 33.0 Å². The van der Waals surface area contributed by atoms with E-state index in [1.54, 1.807) is 31.2 Å². The lowest BCUT2D eigenvalue weighted by atomic mass is 10.3. The molecule has 1 aromatic heterocycles. The number of amides is 1. The monoisotopic (exact) mass is 371 g/mol. The van der Waals surface area contributed by atoms with Crippen LogP contribution in [0, 0.1) is 6.92 Å². The quantitative estimate of drug-likeness (QED) is 0.812. The lowest BCUT2D eigenvalue weighted by molar-refractivity contribution is -0.148. The lowest BCUT2D eigenvalue weighted by Crippen LogP contribution is -2.38. The number of carboxylic acids is 1. The molecule has 7 nitrogen and oxygen atoms in total. The molecule has 2 aromatic rings. The molecule has 0 spiro atoms. The van der Waals surface area contributed by atoms with Crippen LogP contribution in [-0.4, -0.2) is 46.5 Å². The highest BCUT2D eigenvalue weighted by Gasteiger charge is 2.20. The average Bonchev–Trinajstić information content (AvgIpc) is 2.89. The molecule has 0 saturated carbocycles. The van der Waals surface area contributed by atoms with Crippen LogP contribution in [0.2, 0.25) is 10.0 Å². The number of methoxy groups -OCH3 is 1. The highest BCUT2D eigenvalue weighted by atomic mass is 35.5. The van der Waals surface area contributed by atoms with Crippen molar-refractivity contribution >= 4 is 35.1 Å². The summed E-state index contributed by atoms with van der Waals surface area (Å²) in [6, 6.07) is 6.51. The van der Waals surface area contributed by atoms with Crippen molar-refractivity contribution in [1.82, 2.24) is 15.1 Å². The average molecular weight is 372 g/mol. The van der Waals surface area contributed by atoms with E-state index >= 15 is 0 Å². The van der Waals surface area contributed by atoms with Crippen molar-refractivity contribution in [2.24, 2.45) is 0 Å². The third kappa shape index (κ3) is 4.05. The summed E-state index contributed by atoms with van der Waals surface area (Å²) in [5.41, 5.74) is 1.41. The fourth-order valence-corrected chi connectivity index (χ4v) is 2.52. The number of carbonyl (C=O) groups excluding carboxylic acids is 1. The van der Waals surface area contributed by atoms with Crippen molar-refractivity contribution < 1.29 is 19.4 Å². The first kappa shape index (κ1) is 18.3. The Morgan fingerprint density at radius 2 is 2.08 bits per heavy atom. The van der Waals surface area contributed by atoms with E-state index in [-0.39, 0.29) is 12.2 Å². The van der Waals surface area contributed by atoms with Crippen LogP contribution in [-0.2, 0) is 9.53 Å². The predicted molar refractivity (Wildman–Crippen MR) is 89.1 cm³/mol. The summed E-state index contributed by atoms with van der Waals surface area (Å²) in [5.74, 6) is -1.67. The Hall–Kier alpha value is -2.09. The number of aryl methyl sites for hydroxylation is 1. The zero-order chi connectivity index (χ0) is 17.9. The maximum atomic E-state index is 12.1. The zero-order valence-electron chi connectivity index (χ0n) is 12.9. The van der Waals surface area contributed by atoms with Gasteiger partial charge in [-0.15, -0.1) is 0 Å². The van der Waals surface area contributed by atoms with E-state index in [2.05, 4.69) is 10.4 Å². The molecular formula is C15H15Cl2N3O4. The normalized spacial score (nSPS) is 12.0. The van der Waals surface area contributed by atoms with Crippen LogP contribution in [0.15, 0.2) is 24.3 Å². The second-order valence-electron chi connectivity index (χ2n) is 4.95. The number of hydrogen-bond donors (Lipinski definition) is 2. The summed E-state index contributed by atoms with van der Waals surface area (Å²) >= 11 is 12.0. The summed E-state index contributed by atoms with van der Waals surface area (Å²) < 4.78 is 6.27. The summed E-state index contributed by atoms with van der Waals surface area (Å²) in [4.78, 5) is 23.0. The van der Waals surface area contributed by atoms with Crippen LogP contribution in [0.3, 0.4) is 0 Å². The van der Waals surface area contributed by atoms with E-state index in [1.807, 2.05) is 0 Å². The van der Waals surface area contributed by atoms with Crippen LogP contribution in [0.5, 0.6) is 0 Å². The number of halogens is 2. The molecule has 2 N–H and O–H groups in total. The molecule has 0 bridgehead atoms. The van der Waals surface area contributed by atoms with Crippen molar-refractivity contribution in [2.75, 3.05) is 13.7 Å². The molecule has 2 rings (SSSR count). The van der Waals surface area contributed by atoms with Gasteiger partial charge in [0.05, 0.1) is 17.3 Å². The molecule has 0 aliphatic heterocycles. The number of rotatable bonds is 6. The molecule has 1 heterocycles. The Morgan fingerprint density at radius 3 is 2.67 bits per heavy atom. The van der Waals surface area contributed by atoms with E-state index in [9.17, 15) is 9.59 Å². The first-order valence-electron chi connectivity index (χ1n) is 6.89. The van der Waals surface area contributed by atoms with E-state index in [0.717, 1.165) is 0 Å². The van der Waals surface area contributed by atoms with Crippen molar-refractivity contribution in [3.63, 3.8) is 0 Å². The molecule has 128 valence electrons. The third-order valence-electron chi connectivity index (χ3n) is 3.27. The SMILES string of the molecule is COC(CNC(=O)c1cc(C)n(-c2ccc(Cl)cc2Cl)n1)C(=O)O. The molecule has 24 heavy (non-hydrogen) atoms. The van der Waals surface area contributed by atoms with Gasteiger partial charge in [-0.25, -0.2) is 9.48 Å². The van der Waals surface area contributed by atoms with Gasteiger partial charge in [0.2, 0.25) is 0 Å². The van der Waals surface area contributed by atoms with Gasteiger partial charge >= 0.3 is 5.97 Å². The molecule has 9 heteroatoms. The van der Waals surface area contributed by atoms with Gasteiger partial charge in [-0.05, 0) is 31.2 Å². The Bertz CT molecular complexity index is 776. The smallest absolute Gasteiger partial charge is 0.334 e. The number of carboxylic acid groups (broad SMARTS) is 1. The number of nitrogens with zero attached hydrogens (tertiary/aromatic N) is 2. The van der Waals surface area contributed by atoms with Gasteiger partial charge in [0.25, 0.3) is 5.91 Å². The van der Waals surface area contributed by atoms with E-state index in [1.165, 1.54) is 11.8 Å². The summed E-state index contributed by atoms with van der Waals surface area (Å²) in [7, 11) is 1.26. The highest BCUT2D eigenvalue weighted by Crippen LogP contribution is 2.25. The first-order valence-corrected chi connectivity index (χ1v) is 7.65. The van der Waals surface area contributed by atoms with Crippen LogP contribution < -0.4 is 5.32 Å². The van der Waals surface area contributed by atoms with Crippen molar-refractivity contribution in [3.05, 3.63) is 45.7 Å². The molecule has 1 aromatic carbocycles. The Morgan fingerprint density at radius 1 is 1.38 bits per heavy atom. The summed E-state index contributed by atoms with van der Waals surface area (Å²) in [5, 5.41) is 16.5. The molecule has 1 atom stereocenters. The van der Waals surface area contributed by atoms with Gasteiger partial charge < -0.3 is 15.2 Å². The summed E-state index contributed by atoms with van der Waals surface area (Å²) in [6.45, 7) is 1.60. The van der Waals surface area contributed by atoms with Crippen molar-refractivity contribution in [2.45, 2.75) is 13.0 Å². The standard InChI is InChI=1S/C15H15Cl2N3O4/c1-8-5-11(14(21)18-7-13(24-2)15(22)23)19-20(8)12-4-3-9(16)6-10(12)17/h3-6,13H,7H2,1-2H3,(H,18,21)(H,22,23). The minimum absolute atomic E-state index is 0.138. The highest BCUT2D eigenvalue weighted by molar-refractivity contribution is 6.35. The number of ether oxygens (including phenoxy) is 1. The maximum absolute atomic E-state index is 12.1. The van der Waals surface area contributed by atoms with Crippen molar-refractivity contribution in [1.29, 1.82) is 0 Å². The van der Waals surface area contributed by atoms with E-state index in [0.29, 0.717) is 21.4 Å². The number of nitrogens with one attached hydrogen (secondary N) is 1. The Balaban J connectivity index is 2.19.